The topological polar surface area (TPSA) is 73.8 Å². The molecule has 42 heavy (non-hydrogen) atoms. The first-order valence-electron chi connectivity index (χ1n) is 14.3. The summed E-state index contributed by atoms with van der Waals surface area (Å²) < 4.78 is 0. The normalized spacial score (nSPS) is 14.4. The fraction of sp³-hybridized carbons (Fsp3) is 0.229. The summed E-state index contributed by atoms with van der Waals surface area (Å²) in [7, 11) is 0. The number of hydrazone groups is 1. The van der Waals surface area contributed by atoms with Crippen LogP contribution in [0.2, 0.25) is 5.02 Å². The molecule has 4 aromatic carbocycles. The Labute approximate surface area is 252 Å². The number of likely N-dealkylation sites (tertiary alicyclic amines) is 1. The van der Waals surface area contributed by atoms with Gasteiger partial charge in [0, 0.05) is 28.4 Å². The second-order valence-electron chi connectivity index (χ2n) is 10.8. The van der Waals surface area contributed by atoms with Gasteiger partial charge in [-0.2, -0.15) is 5.10 Å². The van der Waals surface area contributed by atoms with Crippen LogP contribution in [0.5, 0.6) is 0 Å². The smallest absolute Gasteiger partial charge is 0.271 e. The molecule has 5 rings (SSSR count). The van der Waals surface area contributed by atoms with Gasteiger partial charge in [0.15, 0.2) is 0 Å². The zero-order chi connectivity index (χ0) is 29.3. The Kier molecular flexibility index (Phi) is 9.80. The quantitative estimate of drug-likeness (QED) is 0.163. The number of carbonyl (C=O) groups is 2. The van der Waals surface area contributed by atoms with Crippen molar-refractivity contribution in [1.82, 2.24) is 10.3 Å². The standard InChI is InChI=1S/C35H35ClN4O2/c1-25(30-9-6-12-33(23-30)37-34(41)31-10-5-11-32(36)22-31)38-39-35(42)29-15-13-28(14-16-29)24-40-19-17-27(18-20-40)21-26-7-3-2-4-8-26/h2-16,22-23,27H,17-21,24H2,1H3,(H,37,41)(H,39,42)/b38-25-. The van der Waals surface area contributed by atoms with E-state index in [1.807, 2.05) is 49.4 Å². The molecule has 0 bridgehead atoms. The van der Waals surface area contributed by atoms with Gasteiger partial charge in [-0.1, -0.05) is 72.3 Å². The van der Waals surface area contributed by atoms with Gasteiger partial charge in [-0.05, 0) is 104 Å². The lowest BCUT2D eigenvalue weighted by molar-refractivity contribution is 0.0954. The maximum atomic E-state index is 12.8. The minimum Gasteiger partial charge on any atom is -0.322 e. The highest BCUT2D eigenvalue weighted by Crippen LogP contribution is 2.23. The summed E-state index contributed by atoms with van der Waals surface area (Å²) in [6.07, 6.45) is 3.58. The number of benzene rings is 4. The van der Waals surface area contributed by atoms with Crippen LogP contribution in [0.1, 0.15) is 57.2 Å². The minimum absolute atomic E-state index is 0.256. The fourth-order valence-electron chi connectivity index (χ4n) is 5.23. The van der Waals surface area contributed by atoms with Crippen LogP contribution >= 0.6 is 11.6 Å². The van der Waals surface area contributed by atoms with Gasteiger partial charge < -0.3 is 5.32 Å². The number of hydrogen-bond acceptors (Lipinski definition) is 4. The van der Waals surface area contributed by atoms with E-state index in [-0.39, 0.29) is 11.8 Å². The van der Waals surface area contributed by atoms with Crippen LogP contribution in [-0.2, 0) is 13.0 Å². The Balaban J connectivity index is 1.10. The predicted molar refractivity (Wildman–Crippen MR) is 170 cm³/mol. The third-order valence-corrected chi connectivity index (χ3v) is 7.88. The van der Waals surface area contributed by atoms with Crippen molar-refractivity contribution in [2.24, 2.45) is 11.0 Å². The van der Waals surface area contributed by atoms with Gasteiger partial charge in [0.2, 0.25) is 0 Å². The van der Waals surface area contributed by atoms with Crippen LogP contribution in [-0.4, -0.2) is 35.5 Å². The van der Waals surface area contributed by atoms with Crippen molar-refractivity contribution in [2.75, 3.05) is 18.4 Å². The number of hydrogen-bond donors (Lipinski definition) is 2. The molecule has 2 N–H and O–H groups in total. The van der Waals surface area contributed by atoms with Gasteiger partial charge in [-0.3, -0.25) is 14.5 Å². The number of nitrogens with one attached hydrogen (secondary N) is 2. The number of halogens is 1. The van der Waals surface area contributed by atoms with Crippen LogP contribution in [0.15, 0.2) is 108 Å². The molecule has 1 fully saturated rings. The van der Waals surface area contributed by atoms with Gasteiger partial charge in [0.25, 0.3) is 11.8 Å². The number of anilines is 1. The largest absolute Gasteiger partial charge is 0.322 e. The van der Waals surface area contributed by atoms with E-state index < -0.39 is 0 Å². The van der Waals surface area contributed by atoms with E-state index in [9.17, 15) is 9.59 Å². The molecule has 0 aliphatic carbocycles. The van der Waals surface area contributed by atoms with Gasteiger partial charge >= 0.3 is 0 Å². The first-order valence-corrected chi connectivity index (χ1v) is 14.7. The summed E-state index contributed by atoms with van der Waals surface area (Å²) in [5, 5.41) is 7.67. The summed E-state index contributed by atoms with van der Waals surface area (Å²) in [4.78, 5) is 27.8. The van der Waals surface area contributed by atoms with E-state index in [0.29, 0.717) is 27.5 Å². The lowest BCUT2D eigenvalue weighted by Crippen LogP contribution is -2.33. The first kappa shape index (κ1) is 29.2. The summed E-state index contributed by atoms with van der Waals surface area (Å²) in [5.41, 5.74) is 8.32. The molecule has 1 heterocycles. The van der Waals surface area contributed by atoms with E-state index in [4.69, 9.17) is 11.6 Å². The van der Waals surface area contributed by atoms with Gasteiger partial charge in [-0.25, -0.2) is 5.43 Å². The van der Waals surface area contributed by atoms with Crippen molar-refractivity contribution in [3.63, 3.8) is 0 Å². The van der Waals surface area contributed by atoms with E-state index in [1.54, 1.807) is 30.3 Å². The zero-order valence-corrected chi connectivity index (χ0v) is 24.5. The van der Waals surface area contributed by atoms with Crippen molar-refractivity contribution in [3.8, 4) is 0 Å². The second kappa shape index (κ2) is 14.1. The lowest BCUT2D eigenvalue weighted by atomic mass is 9.90. The molecule has 2 amide bonds. The van der Waals surface area contributed by atoms with Crippen molar-refractivity contribution < 1.29 is 9.59 Å². The Hall–Kier alpha value is -4.26. The Morgan fingerprint density at radius 1 is 0.786 bits per heavy atom. The molecular weight excluding hydrogens is 544 g/mol. The Morgan fingerprint density at radius 3 is 2.24 bits per heavy atom. The average Bonchev–Trinajstić information content (AvgIpc) is 3.01. The molecule has 7 heteroatoms. The maximum absolute atomic E-state index is 12.8. The first-order chi connectivity index (χ1) is 20.4. The number of piperidine rings is 1. The van der Waals surface area contributed by atoms with Crippen molar-refractivity contribution in [1.29, 1.82) is 0 Å². The molecule has 0 aromatic heterocycles. The number of amides is 2. The SMILES string of the molecule is C/C(=N/NC(=O)c1ccc(CN2CCC(Cc3ccccc3)CC2)cc1)c1cccc(NC(=O)c2cccc(Cl)c2)c1. The average molecular weight is 579 g/mol. The monoisotopic (exact) mass is 578 g/mol. The van der Waals surface area contributed by atoms with E-state index in [1.165, 1.54) is 24.0 Å². The highest BCUT2D eigenvalue weighted by molar-refractivity contribution is 6.31. The van der Waals surface area contributed by atoms with Crippen LogP contribution in [0.25, 0.3) is 0 Å². The van der Waals surface area contributed by atoms with Crippen molar-refractivity contribution in [3.05, 3.63) is 136 Å². The van der Waals surface area contributed by atoms with E-state index in [0.717, 1.165) is 37.5 Å². The molecule has 0 saturated carbocycles. The highest BCUT2D eigenvalue weighted by Gasteiger charge is 2.19. The molecule has 4 aromatic rings. The van der Waals surface area contributed by atoms with E-state index >= 15 is 0 Å². The summed E-state index contributed by atoms with van der Waals surface area (Å²) in [6.45, 7) is 4.89. The molecule has 1 aliphatic heterocycles. The third kappa shape index (κ3) is 8.15. The van der Waals surface area contributed by atoms with Gasteiger partial charge in [-0.15, -0.1) is 0 Å². The highest BCUT2D eigenvalue weighted by atomic mass is 35.5. The van der Waals surface area contributed by atoms with Crippen LogP contribution in [0.4, 0.5) is 5.69 Å². The Morgan fingerprint density at radius 2 is 1.50 bits per heavy atom. The van der Waals surface area contributed by atoms with Crippen molar-refractivity contribution >= 4 is 34.8 Å². The van der Waals surface area contributed by atoms with Crippen LogP contribution < -0.4 is 10.7 Å². The van der Waals surface area contributed by atoms with Gasteiger partial charge in [0.05, 0.1) is 5.71 Å². The molecule has 0 spiro atoms. The lowest BCUT2D eigenvalue weighted by Gasteiger charge is -2.32. The van der Waals surface area contributed by atoms with Crippen LogP contribution in [0.3, 0.4) is 0 Å². The molecule has 0 atom stereocenters. The zero-order valence-electron chi connectivity index (χ0n) is 23.7. The fourth-order valence-corrected chi connectivity index (χ4v) is 5.42. The second-order valence-corrected chi connectivity index (χ2v) is 11.2. The molecule has 1 aliphatic rings. The van der Waals surface area contributed by atoms with Gasteiger partial charge in [0.1, 0.15) is 0 Å². The number of nitrogens with zero attached hydrogens (tertiary/aromatic N) is 2. The molecule has 6 nitrogen and oxygen atoms in total. The molecule has 0 radical (unpaired) electrons. The molecular formula is C35H35ClN4O2. The Bertz CT molecular complexity index is 1550. The van der Waals surface area contributed by atoms with Crippen LogP contribution in [0, 0.1) is 5.92 Å². The predicted octanol–water partition coefficient (Wildman–Crippen LogP) is 7.20. The maximum Gasteiger partial charge on any atom is 0.271 e. The third-order valence-electron chi connectivity index (χ3n) is 7.65. The van der Waals surface area contributed by atoms with Crippen molar-refractivity contribution in [2.45, 2.75) is 32.7 Å². The molecule has 214 valence electrons. The van der Waals surface area contributed by atoms with E-state index in [2.05, 4.69) is 51.1 Å². The minimum atomic E-state index is -0.270. The molecule has 0 unspecified atom stereocenters. The summed E-state index contributed by atoms with van der Waals surface area (Å²) in [6, 6.07) is 32.6. The number of rotatable bonds is 9. The summed E-state index contributed by atoms with van der Waals surface area (Å²) >= 11 is 6.00. The molecule has 1 saturated heterocycles. The summed E-state index contributed by atoms with van der Waals surface area (Å²) in [5.74, 6) is 0.218. The number of carbonyl (C=O) groups excluding carboxylic acids is 2.